The summed E-state index contributed by atoms with van der Waals surface area (Å²) in [6.45, 7) is 3.59. The van der Waals surface area contributed by atoms with Crippen LogP contribution < -0.4 is 10.3 Å². The second-order valence-corrected chi connectivity index (χ2v) is 10.9. The molecular weight excluding hydrogens is 614 g/mol. The molecule has 1 atom stereocenters. The fourth-order valence-electron chi connectivity index (χ4n) is 4.31. The van der Waals surface area contributed by atoms with E-state index in [1.54, 1.807) is 32.0 Å². The van der Waals surface area contributed by atoms with Crippen LogP contribution in [0, 0.1) is 0 Å². The van der Waals surface area contributed by atoms with Gasteiger partial charge in [0.25, 0.3) is 5.56 Å². The van der Waals surface area contributed by atoms with E-state index in [0.717, 1.165) is 30.2 Å². The predicted octanol–water partition coefficient (Wildman–Crippen LogP) is 6.84. The van der Waals surface area contributed by atoms with Crippen molar-refractivity contribution in [3.05, 3.63) is 66.0 Å². The monoisotopic (exact) mass is 637 g/mol. The van der Waals surface area contributed by atoms with Gasteiger partial charge in [0.1, 0.15) is 11.6 Å². The number of fused-ring (bicyclic) bond motifs is 1. The lowest BCUT2D eigenvalue weighted by atomic mass is 9.88. The van der Waals surface area contributed by atoms with Crippen molar-refractivity contribution in [1.29, 1.82) is 0 Å². The first kappa shape index (κ1) is 26.8. The lowest BCUT2D eigenvalue weighted by molar-refractivity contribution is -0.150. The summed E-state index contributed by atoms with van der Waals surface area (Å²) >= 11 is 13.2. The molecule has 2 aromatic carbocycles. The Kier molecular flexibility index (Phi) is 8.85. The largest absolute Gasteiger partial charge is 0.477 e. The highest BCUT2D eigenvalue weighted by atomic mass is 79.9. The van der Waals surface area contributed by atoms with Crippen molar-refractivity contribution < 1.29 is 14.3 Å². The van der Waals surface area contributed by atoms with Crippen molar-refractivity contribution in [3.63, 3.8) is 0 Å². The lowest BCUT2D eigenvalue weighted by Gasteiger charge is -2.23. The van der Waals surface area contributed by atoms with Crippen LogP contribution in [0.3, 0.4) is 0 Å². The zero-order valence-corrected chi connectivity index (χ0v) is 23.9. The van der Waals surface area contributed by atoms with Crippen LogP contribution in [0.15, 0.2) is 49.2 Å². The quantitative estimate of drug-likeness (QED) is 0.209. The first-order valence-corrected chi connectivity index (χ1v) is 13.8. The molecule has 0 amide bonds. The van der Waals surface area contributed by atoms with Crippen LogP contribution in [-0.2, 0) is 9.53 Å². The molecule has 0 N–H and O–H groups in total. The summed E-state index contributed by atoms with van der Waals surface area (Å²) in [6.07, 6.45) is 5.94. The Hall–Kier alpha value is -2.23. The molecule has 1 aliphatic carbocycles. The van der Waals surface area contributed by atoms with Crippen molar-refractivity contribution in [2.24, 2.45) is 5.10 Å². The van der Waals surface area contributed by atoms with Crippen LogP contribution in [0.5, 0.6) is 5.75 Å². The Bertz CT molecular complexity index is 1370. The Morgan fingerprint density at radius 1 is 1.25 bits per heavy atom. The maximum absolute atomic E-state index is 13.6. The third-order valence-corrected chi connectivity index (χ3v) is 7.37. The minimum atomic E-state index is -0.852. The van der Waals surface area contributed by atoms with Gasteiger partial charge in [-0.3, -0.25) is 4.79 Å². The molecule has 7 nitrogen and oxygen atoms in total. The van der Waals surface area contributed by atoms with Gasteiger partial charge >= 0.3 is 5.97 Å². The van der Waals surface area contributed by atoms with Crippen LogP contribution in [0.1, 0.15) is 63.3 Å². The predicted molar refractivity (Wildman–Crippen MR) is 148 cm³/mol. The Morgan fingerprint density at radius 2 is 2.00 bits per heavy atom. The first-order valence-electron chi connectivity index (χ1n) is 11.9. The topological polar surface area (TPSA) is 82.8 Å². The molecule has 0 bridgehead atoms. The van der Waals surface area contributed by atoms with Crippen molar-refractivity contribution in [1.82, 2.24) is 9.66 Å². The second-order valence-electron chi connectivity index (χ2n) is 8.65. The highest BCUT2D eigenvalue weighted by Gasteiger charge is 2.23. The van der Waals surface area contributed by atoms with Crippen LogP contribution >= 0.6 is 43.5 Å². The van der Waals surface area contributed by atoms with Gasteiger partial charge in [-0.2, -0.15) is 9.78 Å². The number of nitrogens with zero attached hydrogens (tertiary/aromatic N) is 3. The van der Waals surface area contributed by atoms with Gasteiger partial charge in [-0.05, 0) is 73.0 Å². The van der Waals surface area contributed by atoms with Gasteiger partial charge in [0.05, 0.1) is 28.2 Å². The molecule has 1 fully saturated rings. The maximum atomic E-state index is 13.6. The molecular formula is C26H26Br2ClN3O4. The van der Waals surface area contributed by atoms with E-state index in [9.17, 15) is 9.59 Å². The van der Waals surface area contributed by atoms with Crippen molar-refractivity contribution >= 4 is 66.5 Å². The number of carbonyl (C=O) groups is 1. The molecule has 0 saturated heterocycles. The van der Waals surface area contributed by atoms with E-state index in [1.807, 2.05) is 12.1 Å². The van der Waals surface area contributed by atoms with Gasteiger partial charge in [-0.15, -0.1) is 0 Å². The summed E-state index contributed by atoms with van der Waals surface area (Å²) in [4.78, 5) is 30.6. The SMILES string of the molecule is CCOC(=O)[C@H](C)Oc1c(Br)cc(Cl)cc1C=Nn1c(C2CCCCC2)nc2ccc(Br)cc2c1=O. The number of carbonyl (C=O) groups excluding carboxylic acids is 1. The minimum absolute atomic E-state index is 0.141. The maximum Gasteiger partial charge on any atom is 0.347 e. The van der Waals surface area contributed by atoms with E-state index in [-0.39, 0.29) is 18.1 Å². The molecule has 0 spiro atoms. The highest BCUT2D eigenvalue weighted by molar-refractivity contribution is 9.10. The third-order valence-electron chi connectivity index (χ3n) is 6.07. The van der Waals surface area contributed by atoms with Gasteiger partial charge in [-0.1, -0.05) is 46.8 Å². The van der Waals surface area contributed by atoms with Crippen LogP contribution in [0.4, 0.5) is 0 Å². The molecule has 4 rings (SSSR count). The van der Waals surface area contributed by atoms with E-state index in [0.29, 0.717) is 37.5 Å². The van der Waals surface area contributed by atoms with Gasteiger partial charge in [0.2, 0.25) is 0 Å². The van der Waals surface area contributed by atoms with Crippen molar-refractivity contribution in [2.75, 3.05) is 6.61 Å². The summed E-state index contributed by atoms with van der Waals surface area (Å²) in [6, 6.07) is 8.82. The number of benzene rings is 2. The van der Waals surface area contributed by atoms with E-state index < -0.39 is 12.1 Å². The van der Waals surface area contributed by atoms with Crippen molar-refractivity contribution in [3.8, 4) is 5.75 Å². The number of aromatic nitrogens is 2. The highest BCUT2D eigenvalue weighted by Crippen LogP contribution is 2.34. The molecule has 1 aromatic heterocycles. The number of esters is 1. The Labute approximate surface area is 231 Å². The smallest absolute Gasteiger partial charge is 0.347 e. The normalized spacial score (nSPS) is 15.4. The number of rotatable bonds is 7. The van der Waals surface area contributed by atoms with E-state index in [1.165, 1.54) is 17.3 Å². The molecule has 0 unspecified atom stereocenters. The summed E-state index contributed by atoms with van der Waals surface area (Å²) in [5.41, 5.74) is 0.899. The summed E-state index contributed by atoms with van der Waals surface area (Å²) in [5.74, 6) is 0.673. The van der Waals surface area contributed by atoms with E-state index in [4.69, 9.17) is 26.1 Å². The average molecular weight is 640 g/mol. The number of halogens is 3. The van der Waals surface area contributed by atoms with E-state index in [2.05, 4.69) is 37.0 Å². The molecule has 10 heteroatoms. The van der Waals surface area contributed by atoms with Crippen LogP contribution in [0.2, 0.25) is 5.02 Å². The summed E-state index contributed by atoms with van der Waals surface area (Å²) < 4.78 is 13.7. The second kappa shape index (κ2) is 11.9. The molecule has 1 heterocycles. The zero-order valence-electron chi connectivity index (χ0n) is 20.0. The molecule has 1 saturated carbocycles. The van der Waals surface area contributed by atoms with Gasteiger partial charge in [0.15, 0.2) is 6.10 Å². The van der Waals surface area contributed by atoms with Gasteiger partial charge in [0, 0.05) is 21.0 Å². The minimum Gasteiger partial charge on any atom is -0.477 e. The molecule has 36 heavy (non-hydrogen) atoms. The van der Waals surface area contributed by atoms with E-state index >= 15 is 0 Å². The average Bonchev–Trinajstić information content (AvgIpc) is 2.86. The number of ether oxygens (including phenoxy) is 2. The molecule has 1 aliphatic rings. The fourth-order valence-corrected chi connectivity index (χ4v) is 5.60. The summed E-state index contributed by atoms with van der Waals surface area (Å²) in [5, 5.41) is 5.51. The molecule has 190 valence electrons. The molecule has 0 aliphatic heterocycles. The summed E-state index contributed by atoms with van der Waals surface area (Å²) in [7, 11) is 0. The molecule has 0 radical (unpaired) electrons. The number of hydrogen-bond donors (Lipinski definition) is 0. The van der Waals surface area contributed by atoms with Crippen LogP contribution in [-0.4, -0.2) is 34.6 Å². The Morgan fingerprint density at radius 3 is 2.72 bits per heavy atom. The van der Waals surface area contributed by atoms with Gasteiger partial charge in [-0.25, -0.2) is 9.78 Å². The zero-order chi connectivity index (χ0) is 25.8. The van der Waals surface area contributed by atoms with Gasteiger partial charge < -0.3 is 9.47 Å². The standard InChI is InChI=1S/C26H26Br2ClN3O4/c1-3-35-26(34)15(2)36-23-17(11-19(29)13-21(23)28)14-30-32-24(16-7-5-4-6-8-16)31-22-10-9-18(27)12-20(22)25(32)33/h9-16H,3-8H2,1-2H3/t15-/m0/s1. The molecule has 3 aromatic rings. The Balaban J connectivity index is 1.81. The lowest BCUT2D eigenvalue weighted by Crippen LogP contribution is -2.27. The third kappa shape index (κ3) is 6.01. The van der Waals surface area contributed by atoms with Crippen molar-refractivity contribution in [2.45, 2.75) is 58.0 Å². The fraction of sp³-hybridized carbons (Fsp3) is 0.385. The number of hydrogen-bond acceptors (Lipinski definition) is 6. The first-order chi connectivity index (χ1) is 17.3. The van der Waals surface area contributed by atoms with Crippen LogP contribution in [0.25, 0.3) is 10.9 Å².